The molecule has 148 valence electrons. The van der Waals surface area contributed by atoms with Gasteiger partial charge in [-0.3, -0.25) is 4.40 Å². The van der Waals surface area contributed by atoms with Crippen molar-refractivity contribution in [2.45, 2.75) is 52.4 Å². The Labute approximate surface area is 163 Å². The van der Waals surface area contributed by atoms with Crippen LogP contribution >= 0.6 is 0 Å². The third kappa shape index (κ3) is 3.25. The van der Waals surface area contributed by atoms with Gasteiger partial charge >= 0.3 is 0 Å². The summed E-state index contributed by atoms with van der Waals surface area (Å²) < 4.78 is 29.3. The SMILES string of the molecule is C=C(CCC)c1cc(C)cc2c1nc(N1CCC(F)(F)CC1)n1cc(C)nc21. The van der Waals surface area contributed by atoms with Crippen molar-refractivity contribution in [2.75, 3.05) is 18.0 Å². The van der Waals surface area contributed by atoms with Gasteiger partial charge in [0.1, 0.15) is 5.65 Å². The molecule has 28 heavy (non-hydrogen) atoms. The minimum absolute atomic E-state index is 0.148. The lowest BCUT2D eigenvalue weighted by atomic mass is 9.98. The Morgan fingerprint density at radius 2 is 1.89 bits per heavy atom. The number of nitrogens with zero attached hydrogens (tertiary/aromatic N) is 4. The van der Waals surface area contributed by atoms with Crippen molar-refractivity contribution < 1.29 is 8.78 Å². The van der Waals surface area contributed by atoms with E-state index in [1.165, 1.54) is 0 Å². The molecule has 3 heterocycles. The normalized spacial score (nSPS) is 16.8. The lowest BCUT2D eigenvalue weighted by molar-refractivity contribution is -0.0222. The largest absolute Gasteiger partial charge is 0.341 e. The van der Waals surface area contributed by atoms with Gasteiger partial charge in [0, 0.05) is 43.1 Å². The Morgan fingerprint density at radius 1 is 1.18 bits per heavy atom. The standard InChI is InChI=1S/C22H26F2N4/c1-5-6-15(3)17-11-14(2)12-18-19(17)26-21(28-13-16(4)25-20(18)28)27-9-7-22(23,24)8-10-27/h11-13H,3,5-10H2,1-2,4H3. The van der Waals surface area contributed by atoms with E-state index < -0.39 is 5.92 Å². The maximum atomic E-state index is 13.7. The Morgan fingerprint density at radius 3 is 2.57 bits per heavy atom. The molecule has 0 N–H and O–H groups in total. The lowest BCUT2D eigenvalue weighted by Crippen LogP contribution is -2.40. The molecule has 0 aliphatic carbocycles. The summed E-state index contributed by atoms with van der Waals surface area (Å²) >= 11 is 0. The summed E-state index contributed by atoms with van der Waals surface area (Å²) in [7, 11) is 0. The highest BCUT2D eigenvalue weighted by molar-refractivity contribution is 5.99. The Kier molecular flexibility index (Phi) is 4.60. The molecule has 3 aromatic rings. The van der Waals surface area contributed by atoms with Gasteiger partial charge in [0.2, 0.25) is 5.95 Å². The molecule has 0 unspecified atom stereocenters. The number of rotatable bonds is 4. The van der Waals surface area contributed by atoms with Gasteiger partial charge in [-0.1, -0.05) is 19.9 Å². The molecule has 6 heteroatoms. The molecule has 4 nitrogen and oxygen atoms in total. The highest BCUT2D eigenvalue weighted by Gasteiger charge is 2.35. The minimum atomic E-state index is -2.59. The van der Waals surface area contributed by atoms with E-state index in [-0.39, 0.29) is 25.9 Å². The van der Waals surface area contributed by atoms with Crippen LogP contribution in [0.25, 0.3) is 22.1 Å². The van der Waals surface area contributed by atoms with Crippen molar-refractivity contribution >= 4 is 28.1 Å². The van der Waals surface area contributed by atoms with Gasteiger partial charge in [-0.2, -0.15) is 0 Å². The van der Waals surface area contributed by atoms with E-state index in [9.17, 15) is 8.78 Å². The molecule has 2 aromatic heterocycles. The van der Waals surface area contributed by atoms with Crippen LogP contribution in [0.3, 0.4) is 0 Å². The van der Waals surface area contributed by atoms with Crippen LogP contribution in [0, 0.1) is 13.8 Å². The van der Waals surface area contributed by atoms with Crippen molar-refractivity contribution in [3.63, 3.8) is 0 Å². The molecule has 0 amide bonds. The van der Waals surface area contributed by atoms with Crippen LogP contribution in [-0.2, 0) is 0 Å². The molecule has 4 rings (SSSR count). The zero-order valence-electron chi connectivity index (χ0n) is 16.7. The third-order valence-corrected chi connectivity index (χ3v) is 5.46. The smallest absolute Gasteiger partial charge is 0.251 e. The summed E-state index contributed by atoms with van der Waals surface area (Å²) in [6.07, 6.45) is 3.54. The first-order chi connectivity index (χ1) is 13.3. The first kappa shape index (κ1) is 18.8. The molecule has 1 aliphatic heterocycles. The summed E-state index contributed by atoms with van der Waals surface area (Å²) in [5.41, 5.74) is 5.78. The van der Waals surface area contributed by atoms with Gasteiger partial charge < -0.3 is 4.90 Å². The number of halogens is 2. The molecular formula is C22H26F2N4. The van der Waals surface area contributed by atoms with Crippen LogP contribution in [0.5, 0.6) is 0 Å². The second-order valence-corrected chi connectivity index (χ2v) is 7.89. The van der Waals surface area contributed by atoms with Gasteiger partial charge in [0.05, 0.1) is 11.2 Å². The van der Waals surface area contributed by atoms with E-state index in [2.05, 4.69) is 32.6 Å². The number of hydrogen-bond acceptors (Lipinski definition) is 3. The van der Waals surface area contributed by atoms with Gasteiger partial charge in [-0.25, -0.2) is 18.7 Å². The molecule has 1 saturated heterocycles. The van der Waals surface area contributed by atoms with Crippen LogP contribution in [0.15, 0.2) is 24.9 Å². The predicted molar refractivity (Wildman–Crippen MR) is 110 cm³/mol. The van der Waals surface area contributed by atoms with Crippen LogP contribution in [0.1, 0.15) is 49.4 Å². The third-order valence-electron chi connectivity index (χ3n) is 5.46. The number of hydrogen-bond donors (Lipinski definition) is 0. The van der Waals surface area contributed by atoms with Crippen molar-refractivity contribution in [3.05, 3.63) is 41.7 Å². The zero-order chi connectivity index (χ0) is 20.1. The molecule has 1 fully saturated rings. The van der Waals surface area contributed by atoms with Gasteiger partial charge in [0.25, 0.3) is 5.92 Å². The van der Waals surface area contributed by atoms with Gasteiger partial charge in [-0.05, 0) is 43.5 Å². The number of aryl methyl sites for hydroxylation is 2. The maximum absolute atomic E-state index is 13.7. The van der Waals surface area contributed by atoms with Crippen LogP contribution in [0.2, 0.25) is 0 Å². The number of piperidine rings is 1. The second kappa shape index (κ2) is 6.83. The monoisotopic (exact) mass is 384 g/mol. The van der Waals surface area contributed by atoms with E-state index in [1.807, 2.05) is 22.4 Å². The first-order valence-corrected chi connectivity index (χ1v) is 9.90. The van der Waals surface area contributed by atoms with E-state index in [0.717, 1.165) is 51.8 Å². The van der Waals surface area contributed by atoms with E-state index in [0.29, 0.717) is 5.95 Å². The number of benzene rings is 1. The van der Waals surface area contributed by atoms with Crippen LogP contribution in [-0.4, -0.2) is 33.4 Å². The van der Waals surface area contributed by atoms with Crippen molar-refractivity contribution in [2.24, 2.45) is 0 Å². The zero-order valence-corrected chi connectivity index (χ0v) is 16.7. The molecule has 0 radical (unpaired) electrons. The van der Waals surface area contributed by atoms with Gasteiger partial charge in [-0.15, -0.1) is 0 Å². The molecule has 0 spiro atoms. The molecule has 1 aromatic carbocycles. The van der Waals surface area contributed by atoms with Gasteiger partial charge in [0.15, 0.2) is 0 Å². The van der Waals surface area contributed by atoms with Crippen LogP contribution in [0.4, 0.5) is 14.7 Å². The summed E-state index contributed by atoms with van der Waals surface area (Å²) in [4.78, 5) is 11.7. The Hall–Kier alpha value is -2.50. The fourth-order valence-corrected chi connectivity index (χ4v) is 4.03. The topological polar surface area (TPSA) is 33.4 Å². The summed E-state index contributed by atoms with van der Waals surface area (Å²) in [6, 6.07) is 4.22. The van der Waals surface area contributed by atoms with E-state index in [1.54, 1.807) is 0 Å². The molecule has 1 aliphatic rings. The van der Waals surface area contributed by atoms with E-state index >= 15 is 0 Å². The molecule has 0 atom stereocenters. The number of fused-ring (bicyclic) bond motifs is 3. The minimum Gasteiger partial charge on any atom is -0.341 e. The lowest BCUT2D eigenvalue weighted by Gasteiger charge is -2.33. The number of alkyl halides is 2. The fraction of sp³-hybridized carbons (Fsp3) is 0.455. The summed E-state index contributed by atoms with van der Waals surface area (Å²) in [5.74, 6) is -1.90. The average Bonchev–Trinajstić information content (AvgIpc) is 3.03. The van der Waals surface area contributed by atoms with Crippen molar-refractivity contribution in [1.29, 1.82) is 0 Å². The highest BCUT2D eigenvalue weighted by atomic mass is 19.3. The number of aromatic nitrogens is 3. The fourth-order valence-electron chi connectivity index (χ4n) is 4.03. The number of anilines is 1. The molecule has 0 bridgehead atoms. The maximum Gasteiger partial charge on any atom is 0.251 e. The first-order valence-electron chi connectivity index (χ1n) is 9.90. The summed E-state index contributed by atoms with van der Waals surface area (Å²) in [6.45, 7) is 11.0. The van der Waals surface area contributed by atoms with Crippen LogP contribution < -0.4 is 4.90 Å². The Balaban J connectivity index is 1.95. The number of allylic oxidation sites excluding steroid dienone is 1. The highest BCUT2D eigenvalue weighted by Crippen LogP contribution is 2.34. The predicted octanol–water partition coefficient (Wildman–Crippen LogP) is 5.55. The summed E-state index contributed by atoms with van der Waals surface area (Å²) in [5, 5.41) is 0.978. The van der Waals surface area contributed by atoms with Crippen molar-refractivity contribution in [1.82, 2.24) is 14.4 Å². The Bertz CT molecular complexity index is 1060. The quantitative estimate of drug-likeness (QED) is 0.591. The van der Waals surface area contributed by atoms with E-state index in [4.69, 9.17) is 9.97 Å². The average molecular weight is 384 g/mol. The molecular weight excluding hydrogens is 358 g/mol. The second-order valence-electron chi connectivity index (χ2n) is 7.89. The molecule has 0 saturated carbocycles. The van der Waals surface area contributed by atoms with Crippen molar-refractivity contribution in [3.8, 4) is 0 Å². The number of imidazole rings is 1.